The lowest BCUT2D eigenvalue weighted by atomic mass is 9.83. The van der Waals surface area contributed by atoms with Gasteiger partial charge in [-0.3, -0.25) is 10.1 Å². The van der Waals surface area contributed by atoms with E-state index in [1.54, 1.807) is 20.8 Å². The number of aliphatic carboxylic acids is 1. The first-order valence-electron chi connectivity index (χ1n) is 7.58. The highest BCUT2D eigenvalue weighted by Crippen LogP contribution is 2.26. The quantitative estimate of drug-likeness (QED) is 0.656. The molecule has 1 heterocycles. The Morgan fingerprint density at radius 3 is 2.27 bits per heavy atom. The van der Waals surface area contributed by atoms with Crippen molar-refractivity contribution in [2.45, 2.75) is 58.2 Å². The van der Waals surface area contributed by atoms with E-state index in [0.717, 1.165) is 0 Å². The molecule has 3 N–H and O–H groups in total. The number of carbonyl (C=O) groups excluding carboxylic acids is 1. The van der Waals surface area contributed by atoms with Gasteiger partial charge in [0, 0.05) is 0 Å². The molecule has 1 aliphatic rings. The standard InChI is InChI=1S/C15H28N2O5/c1-10(2)6-11(17-13(20)22-14(3,4)5)15(8-21-9-15)16-7-12(18)19/h10-11,16H,6-9H2,1-5H3,(H,17,20)(H,18,19). The lowest BCUT2D eigenvalue weighted by Crippen LogP contribution is -2.72. The van der Waals surface area contributed by atoms with Gasteiger partial charge in [0.25, 0.3) is 0 Å². The number of rotatable bonds is 7. The normalized spacial score (nSPS) is 18.5. The topological polar surface area (TPSA) is 96.9 Å². The zero-order valence-corrected chi connectivity index (χ0v) is 14.1. The fourth-order valence-corrected chi connectivity index (χ4v) is 2.34. The Kier molecular flexibility index (Phi) is 6.19. The molecule has 1 rings (SSSR count). The van der Waals surface area contributed by atoms with Crippen molar-refractivity contribution in [2.24, 2.45) is 5.92 Å². The van der Waals surface area contributed by atoms with E-state index in [2.05, 4.69) is 10.6 Å². The first-order chi connectivity index (χ1) is 10.0. The summed E-state index contributed by atoms with van der Waals surface area (Å²) in [7, 11) is 0. The van der Waals surface area contributed by atoms with Crippen LogP contribution in [0.15, 0.2) is 0 Å². The van der Waals surface area contributed by atoms with Crippen molar-refractivity contribution in [2.75, 3.05) is 19.8 Å². The second-order valence-corrected chi connectivity index (χ2v) is 7.22. The molecule has 22 heavy (non-hydrogen) atoms. The van der Waals surface area contributed by atoms with Gasteiger partial charge in [-0.15, -0.1) is 0 Å². The second-order valence-electron chi connectivity index (χ2n) is 7.22. The van der Waals surface area contributed by atoms with Crippen LogP contribution in [0.4, 0.5) is 4.79 Å². The van der Waals surface area contributed by atoms with Crippen molar-refractivity contribution in [3.05, 3.63) is 0 Å². The summed E-state index contributed by atoms with van der Waals surface area (Å²) in [5.74, 6) is -0.601. The molecule has 0 radical (unpaired) electrons. The Bertz CT molecular complexity index is 399. The molecule has 1 amide bonds. The van der Waals surface area contributed by atoms with Crippen molar-refractivity contribution in [1.29, 1.82) is 0 Å². The molecule has 0 aromatic heterocycles. The third-order valence-corrected chi connectivity index (χ3v) is 3.38. The highest BCUT2D eigenvalue weighted by molar-refractivity contribution is 5.70. The maximum Gasteiger partial charge on any atom is 0.407 e. The van der Waals surface area contributed by atoms with Gasteiger partial charge in [-0.1, -0.05) is 13.8 Å². The minimum atomic E-state index is -0.938. The largest absolute Gasteiger partial charge is 0.480 e. The number of amides is 1. The van der Waals surface area contributed by atoms with Gasteiger partial charge in [0.2, 0.25) is 0 Å². The molecule has 1 saturated heterocycles. The van der Waals surface area contributed by atoms with Gasteiger partial charge in [-0.2, -0.15) is 0 Å². The molecule has 128 valence electrons. The molecular formula is C15H28N2O5. The Hall–Kier alpha value is -1.34. The van der Waals surface area contributed by atoms with Gasteiger partial charge in [0.15, 0.2) is 0 Å². The van der Waals surface area contributed by atoms with Crippen LogP contribution in [0.5, 0.6) is 0 Å². The number of carboxylic acid groups (broad SMARTS) is 1. The van der Waals surface area contributed by atoms with Crippen molar-refractivity contribution in [1.82, 2.24) is 10.6 Å². The summed E-state index contributed by atoms with van der Waals surface area (Å²) in [6.45, 7) is 10.1. The number of alkyl carbamates (subject to hydrolysis) is 1. The lowest BCUT2D eigenvalue weighted by molar-refractivity contribution is -0.139. The van der Waals surface area contributed by atoms with Crippen LogP contribution in [0.1, 0.15) is 41.0 Å². The summed E-state index contributed by atoms with van der Waals surface area (Å²) < 4.78 is 10.6. The minimum Gasteiger partial charge on any atom is -0.480 e. The molecule has 0 aromatic carbocycles. The van der Waals surface area contributed by atoms with Crippen molar-refractivity contribution in [3.63, 3.8) is 0 Å². The zero-order valence-electron chi connectivity index (χ0n) is 14.1. The molecule has 1 atom stereocenters. The van der Waals surface area contributed by atoms with Crippen LogP contribution < -0.4 is 10.6 Å². The van der Waals surface area contributed by atoms with Gasteiger partial charge in [0.1, 0.15) is 5.60 Å². The number of nitrogens with one attached hydrogen (secondary N) is 2. The van der Waals surface area contributed by atoms with E-state index in [0.29, 0.717) is 25.6 Å². The SMILES string of the molecule is CC(C)CC(NC(=O)OC(C)(C)C)C1(NCC(=O)O)COC1. The highest BCUT2D eigenvalue weighted by Gasteiger charge is 2.47. The Labute approximate surface area is 131 Å². The summed E-state index contributed by atoms with van der Waals surface area (Å²) in [6, 6.07) is -0.254. The fourth-order valence-electron chi connectivity index (χ4n) is 2.34. The van der Waals surface area contributed by atoms with E-state index in [1.165, 1.54) is 0 Å². The number of hydrogen-bond donors (Lipinski definition) is 3. The highest BCUT2D eigenvalue weighted by atomic mass is 16.6. The van der Waals surface area contributed by atoms with Gasteiger partial charge in [-0.05, 0) is 33.1 Å². The van der Waals surface area contributed by atoms with Crippen LogP contribution in [-0.4, -0.2) is 54.1 Å². The van der Waals surface area contributed by atoms with Gasteiger partial charge in [0.05, 0.1) is 31.3 Å². The predicted molar refractivity (Wildman–Crippen MR) is 81.8 cm³/mol. The predicted octanol–water partition coefficient (Wildman–Crippen LogP) is 1.37. The first kappa shape index (κ1) is 18.7. The fraction of sp³-hybridized carbons (Fsp3) is 0.867. The van der Waals surface area contributed by atoms with E-state index in [4.69, 9.17) is 14.6 Å². The maximum atomic E-state index is 12.1. The van der Waals surface area contributed by atoms with Crippen LogP contribution in [0.3, 0.4) is 0 Å². The van der Waals surface area contributed by atoms with E-state index in [1.807, 2.05) is 13.8 Å². The van der Waals surface area contributed by atoms with E-state index >= 15 is 0 Å². The minimum absolute atomic E-state index is 0.173. The van der Waals surface area contributed by atoms with Gasteiger partial charge in [-0.25, -0.2) is 4.79 Å². The van der Waals surface area contributed by atoms with Crippen LogP contribution >= 0.6 is 0 Å². The first-order valence-corrected chi connectivity index (χ1v) is 7.58. The monoisotopic (exact) mass is 316 g/mol. The van der Waals surface area contributed by atoms with Gasteiger partial charge < -0.3 is 19.9 Å². The number of carboxylic acids is 1. The molecule has 1 unspecified atom stereocenters. The van der Waals surface area contributed by atoms with Crippen LogP contribution in [0.25, 0.3) is 0 Å². The summed E-state index contributed by atoms with van der Waals surface area (Å²) in [6.07, 6.45) is 0.205. The molecule has 1 aliphatic heterocycles. The van der Waals surface area contributed by atoms with Crippen molar-refractivity contribution < 1.29 is 24.2 Å². The molecule has 0 aliphatic carbocycles. The Morgan fingerprint density at radius 1 is 1.32 bits per heavy atom. The third kappa shape index (κ3) is 5.81. The molecule has 0 bridgehead atoms. The number of ether oxygens (including phenoxy) is 2. The molecule has 0 spiro atoms. The smallest absolute Gasteiger partial charge is 0.407 e. The average molecular weight is 316 g/mol. The second kappa shape index (κ2) is 7.28. The maximum absolute atomic E-state index is 12.1. The van der Waals surface area contributed by atoms with Crippen molar-refractivity contribution in [3.8, 4) is 0 Å². The number of hydrogen-bond acceptors (Lipinski definition) is 5. The van der Waals surface area contributed by atoms with Crippen LogP contribution in [0, 0.1) is 5.92 Å². The van der Waals surface area contributed by atoms with E-state index in [-0.39, 0.29) is 12.6 Å². The Morgan fingerprint density at radius 2 is 1.91 bits per heavy atom. The van der Waals surface area contributed by atoms with E-state index < -0.39 is 23.2 Å². The zero-order chi connectivity index (χ0) is 17.0. The average Bonchev–Trinajstić information content (AvgIpc) is 2.22. The summed E-state index contributed by atoms with van der Waals surface area (Å²) in [5.41, 5.74) is -1.14. The summed E-state index contributed by atoms with van der Waals surface area (Å²) in [4.78, 5) is 22.9. The molecule has 7 nitrogen and oxygen atoms in total. The molecular weight excluding hydrogens is 288 g/mol. The van der Waals surface area contributed by atoms with Crippen LogP contribution in [0.2, 0.25) is 0 Å². The summed E-state index contributed by atoms with van der Waals surface area (Å²) >= 11 is 0. The summed E-state index contributed by atoms with van der Waals surface area (Å²) in [5, 5.41) is 14.8. The Balaban J connectivity index is 2.77. The van der Waals surface area contributed by atoms with Crippen molar-refractivity contribution >= 4 is 12.1 Å². The molecule has 0 aromatic rings. The van der Waals surface area contributed by atoms with Crippen LogP contribution in [-0.2, 0) is 14.3 Å². The molecule has 0 saturated carbocycles. The lowest BCUT2D eigenvalue weighted by Gasteiger charge is -2.48. The van der Waals surface area contributed by atoms with Gasteiger partial charge >= 0.3 is 12.1 Å². The number of carbonyl (C=O) groups is 2. The molecule has 7 heteroatoms. The molecule has 1 fully saturated rings. The van der Waals surface area contributed by atoms with E-state index in [9.17, 15) is 9.59 Å². The third-order valence-electron chi connectivity index (χ3n) is 3.38.